The summed E-state index contributed by atoms with van der Waals surface area (Å²) >= 11 is 0. The van der Waals surface area contributed by atoms with Gasteiger partial charge in [0.05, 0.1) is 6.61 Å². The van der Waals surface area contributed by atoms with Gasteiger partial charge in [0.25, 0.3) is 0 Å². The normalized spacial score (nSPS) is 13.3. The third-order valence-electron chi connectivity index (χ3n) is 3.81. The quantitative estimate of drug-likeness (QED) is 0.576. The van der Waals surface area contributed by atoms with Gasteiger partial charge in [-0.25, -0.2) is 9.97 Å². The van der Waals surface area contributed by atoms with Gasteiger partial charge in [-0.15, -0.1) is 12.4 Å². The van der Waals surface area contributed by atoms with Crippen LogP contribution in [0.4, 0.5) is 23.5 Å². The number of nitrogens with one attached hydrogen (secondary N) is 3. The summed E-state index contributed by atoms with van der Waals surface area (Å²) in [5.74, 6) is 2.38. The second kappa shape index (κ2) is 7.63. The van der Waals surface area contributed by atoms with Crippen molar-refractivity contribution in [1.82, 2.24) is 19.9 Å². The van der Waals surface area contributed by atoms with Gasteiger partial charge < -0.3 is 26.0 Å². The van der Waals surface area contributed by atoms with Gasteiger partial charge in [0.2, 0.25) is 11.9 Å². The Hall–Kier alpha value is -2.13. The fourth-order valence-corrected chi connectivity index (χ4v) is 2.38. The summed E-state index contributed by atoms with van der Waals surface area (Å²) in [6, 6.07) is 0.515. The third-order valence-corrected chi connectivity index (χ3v) is 3.81. The number of hydrogen-bond acceptors (Lipinski definition) is 9. The number of aliphatic hydroxyl groups is 1. The summed E-state index contributed by atoms with van der Waals surface area (Å²) in [4.78, 5) is 20.2. The predicted molar refractivity (Wildman–Crippen MR) is 98.5 cm³/mol. The lowest BCUT2D eigenvalue weighted by atomic mass is 10.3. The first-order valence-corrected chi connectivity index (χ1v) is 7.70. The molecule has 0 saturated heterocycles. The average Bonchev–Trinajstić information content (AvgIpc) is 3.42. The van der Waals surface area contributed by atoms with E-state index in [1.165, 1.54) is 12.8 Å². The van der Waals surface area contributed by atoms with Gasteiger partial charge in [-0.2, -0.15) is 9.97 Å². The van der Waals surface area contributed by atoms with Crippen LogP contribution in [-0.4, -0.2) is 65.4 Å². The lowest BCUT2D eigenvalue weighted by Crippen LogP contribution is -2.22. The largest absolute Gasteiger partial charge is 0.395 e. The monoisotopic (exact) mass is 354 g/mol. The smallest absolute Gasteiger partial charge is 0.228 e. The van der Waals surface area contributed by atoms with Crippen LogP contribution >= 0.6 is 12.4 Å². The summed E-state index contributed by atoms with van der Waals surface area (Å²) in [7, 11) is 5.61. The molecule has 2 aromatic rings. The van der Waals surface area contributed by atoms with Crippen molar-refractivity contribution in [3.63, 3.8) is 0 Å². The first-order valence-electron chi connectivity index (χ1n) is 7.70. The zero-order valence-electron chi connectivity index (χ0n) is 14.0. The molecule has 3 rings (SSSR count). The highest BCUT2D eigenvalue weighted by Gasteiger charge is 2.29. The van der Waals surface area contributed by atoms with Crippen LogP contribution in [0.1, 0.15) is 12.8 Å². The second-order valence-corrected chi connectivity index (χ2v) is 5.46. The van der Waals surface area contributed by atoms with Crippen molar-refractivity contribution in [3.8, 4) is 0 Å². The molecule has 2 heterocycles. The number of aliphatic hydroxyl groups excluding tert-OH is 1. The number of hydrogen-bond donors (Lipinski definition) is 4. The summed E-state index contributed by atoms with van der Waals surface area (Å²) in [5, 5.41) is 18.1. The lowest BCUT2D eigenvalue weighted by molar-refractivity contribution is 0.311. The van der Waals surface area contributed by atoms with E-state index in [4.69, 9.17) is 5.11 Å². The Bertz CT molecular complexity index is 709. The topological polar surface area (TPSA) is 111 Å². The summed E-state index contributed by atoms with van der Waals surface area (Å²) in [5.41, 5.74) is 1.31. The molecule has 1 aliphatic carbocycles. The zero-order valence-corrected chi connectivity index (χ0v) is 14.8. The van der Waals surface area contributed by atoms with Crippen molar-refractivity contribution in [3.05, 3.63) is 0 Å². The van der Waals surface area contributed by atoms with E-state index >= 15 is 0 Å². The van der Waals surface area contributed by atoms with Crippen LogP contribution in [-0.2, 0) is 0 Å². The standard InChI is InChI=1S/C14H22N8O.ClH/c1-15-11-10-9(18-13(20-11)17-6-7-23)12(16-2)21-14(19-10)22(3)8-4-5-8;/h8,23H,4-7H2,1-3H3,(H,16,19,21)(H2,15,17,18,20);1H. The molecule has 1 aliphatic rings. The van der Waals surface area contributed by atoms with Crippen molar-refractivity contribution in [1.29, 1.82) is 0 Å². The molecule has 0 atom stereocenters. The van der Waals surface area contributed by atoms with E-state index in [9.17, 15) is 0 Å². The van der Waals surface area contributed by atoms with Gasteiger partial charge in [-0.3, -0.25) is 0 Å². The maximum atomic E-state index is 8.95. The van der Waals surface area contributed by atoms with E-state index in [1.807, 2.05) is 14.1 Å². The molecule has 132 valence electrons. The highest BCUT2D eigenvalue weighted by atomic mass is 35.5. The SMILES string of the molecule is CNc1nc(N(C)C2CC2)nc2c(NC)nc(NCCO)nc12.Cl. The molecule has 0 bridgehead atoms. The Morgan fingerprint density at radius 1 is 1.04 bits per heavy atom. The maximum Gasteiger partial charge on any atom is 0.228 e. The minimum atomic E-state index is 0. The van der Waals surface area contributed by atoms with Crippen LogP contribution in [0.2, 0.25) is 0 Å². The number of anilines is 4. The molecular formula is C14H23ClN8O. The van der Waals surface area contributed by atoms with Crippen LogP contribution in [0.25, 0.3) is 11.0 Å². The van der Waals surface area contributed by atoms with Crippen LogP contribution < -0.4 is 20.9 Å². The molecule has 0 unspecified atom stereocenters. The van der Waals surface area contributed by atoms with Crippen LogP contribution in [0, 0.1) is 0 Å². The zero-order chi connectivity index (χ0) is 16.4. The van der Waals surface area contributed by atoms with Gasteiger partial charge in [-0.05, 0) is 12.8 Å². The molecule has 0 aromatic carbocycles. The minimum absolute atomic E-state index is 0. The Kier molecular flexibility index (Phi) is 5.79. The van der Waals surface area contributed by atoms with Gasteiger partial charge >= 0.3 is 0 Å². The van der Waals surface area contributed by atoms with Crippen LogP contribution in [0.5, 0.6) is 0 Å². The van der Waals surface area contributed by atoms with Crippen molar-refractivity contribution < 1.29 is 5.11 Å². The highest BCUT2D eigenvalue weighted by Crippen LogP contribution is 2.32. The number of halogens is 1. The number of fused-ring (bicyclic) bond motifs is 1. The Morgan fingerprint density at radius 3 is 2.25 bits per heavy atom. The number of nitrogens with zero attached hydrogens (tertiary/aromatic N) is 5. The Labute approximate surface area is 146 Å². The molecule has 9 nitrogen and oxygen atoms in total. The fourth-order valence-electron chi connectivity index (χ4n) is 2.38. The lowest BCUT2D eigenvalue weighted by Gasteiger charge is -2.18. The van der Waals surface area contributed by atoms with Gasteiger partial charge in [0.1, 0.15) is 11.0 Å². The summed E-state index contributed by atoms with van der Waals surface area (Å²) in [6.07, 6.45) is 2.35. The van der Waals surface area contributed by atoms with Crippen molar-refractivity contribution >= 4 is 47.0 Å². The number of aromatic nitrogens is 4. The molecular weight excluding hydrogens is 332 g/mol. The highest BCUT2D eigenvalue weighted by molar-refractivity contribution is 5.94. The molecule has 4 N–H and O–H groups in total. The van der Waals surface area contributed by atoms with Crippen LogP contribution in [0.15, 0.2) is 0 Å². The molecule has 0 amide bonds. The number of rotatable bonds is 7. The summed E-state index contributed by atoms with van der Waals surface area (Å²) in [6.45, 7) is 0.393. The van der Waals surface area contributed by atoms with Gasteiger partial charge in [0.15, 0.2) is 11.6 Å². The van der Waals surface area contributed by atoms with E-state index in [-0.39, 0.29) is 19.0 Å². The third kappa shape index (κ3) is 3.51. The average molecular weight is 355 g/mol. The first kappa shape index (κ1) is 18.2. The van der Waals surface area contributed by atoms with Crippen molar-refractivity contribution in [2.75, 3.05) is 55.1 Å². The van der Waals surface area contributed by atoms with E-state index in [0.29, 0.717) is 47.2 Å². The van der Waals surface area contributed by atoms with E-state index < -0.39 is 0 Å². The van der Waals surface area contributed by atoms with E-state index in [2.05, 4.69) is 40.8 Å². The van der Waals surface area contributed by atoms with Gasteiger partial charge in [-0.1, -0.05) is 0 Å². The molecule has 2 aromatic heterocycles. The predicted octanol–water partition coefficient (Wildman–Crippen LogP) is 0.928. The molecule has 0 aliphatic heterocycles. The second-order valence-electron chi connectivity index (χ2n) is 5.46. The van der Waals surface area contributed by atoms with Crippen LogP contribution in [0.3, 0.4) is 0 Å². The molecule has 1 saturated carbocycles. The minimum Gasteiger partial charge on any atom is -0.395 e. The first-order chi connectivity index (χ1) is 11.2. The van der Waals surface area contributed by atoms with Gasteiger partial charge in [0, 0.05) is 33.7 Å². The molecule has 24 heavy (non-hydrogen) atoms. The molecule has 0 spiro atoms. The Balaban J connectivity index is 0.00000208. The van der Waals surface area contributed by atoms with Crippen molar-refractivity contribution in [2.45, 2.75) is 18.9 Å². The van der Waals surface area contributed by atoms with E-state index in [1.54, 1.807) is 7.05 Å². The molecule has 0 radical (unpaired) electrons. The maximum absolute atomic E-state index is 8.95. The van der Waals surface area contributed by atoms with E-state index in [0.717, 1.165) is 0 Å². The Morgan fingerprint density at radius 2 is 1.67 bits per heavy atom. The fraction of sp³-hybridized carbons (Fsp3) is 0.571. The molecule has 10 heteroatoms. The molecule has 1 fully saturated rings. The summed E-state index contributed by atoms with van der Waals surface area (Å²) < 4.78 is 0. The van der Waals surface area contributed by atoms with Crippen molar-refractivity contribution in [2.24, 2.45) is 0 Å².